The topological polar surface area (TPSA) is 57.8 Å². The monoisotopic (exact) mass is 555 g/mol. The van der Waals surface area contributed by atoms with E-state index in [1.807, 2.05) is 71.6 Å². The van der Waals surface area contributed by atoms with Gasteiger partial charge in [0.1, 0.15) is 5.75 Å². The quantitative estimate of drug-likeness (QED) is 0.210. The Hall–Kier alpha value is -3.58. The fourth-order valence-corrected chi connectivity index (χ4v) is 5.89. The molecule has 1 unspecified atom stereocenters. The Morgan fingerprint density at radius 2 is 1.82 bits per heavy atom. The van der Waals surface area contributed by atoms with Gasteiger partial charge in [-0.25, -0.2) is 0 Å². The second-order valence-corrected chi connectivity index (χ2v) is 10.8. The van der Waals surface area contributed by atoms with Gasteiger partial charge in [0.25, 0.3) is 0 Å². The molecule has 4 aromatic rings. The molecule has 0 bridgehead atoms. The summed E-state index contributed by atoms with van der Waals surface area (Å²) in [4.78, 5) is 21.6. The molecule has 0 saturated carbocycles. The van der Waals surface area contributed by atoms with E-state index in [1.54, 1.807) is 6.08 Å². The number of ether oxygens (including phenoxy) is 2. The lowest BCUT2D eigenvalue weighted by atomic mass is 9.92. The predicted molar refractivity (Wildman–Crippen MR) is 160 cm³/mol. The minimum absolute atomic E-state index is 0.0142. The number of H-pyrrole nitrogens is 1. The number of hydrogen-bond donors (Lipinski definition) is 1. The fraction of sp³-hybridized carbons (Fsp3) is 0.303. The Morgan fingerprint density at radius 3 is 2.62 bits per heavy atom. The molecule has 1 aromatic heterocycles. The predicted octanol–water partition coefficient (Wildman–Crippen LogP) is 6.11. The first-order valence-corrected chi connectivity index (χ1v) is 14.4. The van der Waals surface area contributed by atoms with E-state index in [0.29, 0.717) is 18.2 Å². The lowest BCUT2D eigenvalue weighted by molar-refractivity contribution is -0.128. The Bertz CT molecular complexity index is 1480. The molecule has 3 heterocycles. The van der Waals surface area contributed by atoms with Crippen LogP contribution in [-0.4, -0.2) is 66.7 Å². The van der Waals surface area contributed by atoms with Crippen molar-refractivity contribution in [3.05, 3.63) is 106 Å². The molecular formula is C33H34ClN3O3. The number of rotatable bonds is 8. The van der Waals surface area contributed by atoms with Gasteiger partial charge in [-0.3, -0.25) is 9.69 Å². The third-order valence-electron chi connectivity index (χ3n) is 7.78. The highest BCUT2D eigenvalue weighted by Crippen LogP contribution is 2.39. The summed E-state index contributed by atoms with van der Waals surface area (Å²) in [5, 5.41) is 1.84. The number of carbonyl (C=O) groups excluding carboxylic acids is 1. The van der Waals surface area contributed by atoms with E-state index in [0.717, 1.165) is 79.2 Å². The van der Waals surface area contributed by atoms with Crippen molar-refractivity contribution >= 4 is 34.5 Å². The smallest absolute Gasteiger partial charge is 0.247 e. The van der Waals surface area contributed by atoms with Gasteiger partial charge in [0.2, 0.25) is 5.91 Å². The van der Waals surface area contributed by atoms with Crippen LogP contribution in [-0.2, 0) is 16.0 Å². The van der Waals surface area contributed by atoms with Crippen molar-refractivity contribution in [3.63, 3.8) is 0 Å². The zero-order valence-electron chi connectivity index (χ0n) is 22.5. The number of nitrogens with zero attached hydrogens (tertiary/aromatic N) is 2. The van der Waals surface area contributed by atoms with Gasteiger partial charge in [-0.1, -0.05) is 54.1 Å². The molecular weight excluding hydrogens is 522 g/mol. The van der Waals surface area contributed by atoms with Crippen LogP contribution in [0, 0.1) is 0 Å². The molecule has 6 rings (SSSR count). The van der Waals surface area contributed by atoms with E-state index in [-0.39, 0.29) is 11.9 Å². The molecule has 6 nitrogen and oxygen atoms in total. The van der Waals surface area contributed by atoms with Crippen LogP contribution < -0.4 is 4.74 Å². The van der Waals surface area contributed by atoms with E-state index in [9.17, 15) is 4.79 Å². The van der Waals surface area contributed by atoms with Gasteiger partial charge in [-0.05, 0) is 65.9 Å². The first kappa shape index (κ1) is 26.6. The van der Waals surface area contributed by atoms with Crippen LogP contribution in [0.1, 0.15) is 34.8 Å². The number of amides is 1. The number of benzene rings is 3. The zero-order valence-corrected chi connectivity index (χ0v) is 23.3. The summed E-state index contributed by atoms with van der Waals surface area (Å²) in [7, 11) is 0. The molecule has 7 heteroatoms. The molecule has 1 atom stereocenters. The van der Waals surface area contributed by atoms with Crippen molar-refractivity contribution in [3.8, 4) is 5.75 Å². The van der Waals surface area contributed by atoms with Crippen LogP contribution in [0.3, 0.4) is 0 Å². The molecule has 1 amide bonds. The minimum atomic E-state index is -0.238. The van der Waals surface area contributed by atoms with Crippen molar-refractivity contribution in [1.29, 1.82) is 0 Å². The van der Waals surface area contributed by atoms with Gasteiger partial charge in [0, 0.05) is 53.9 Å². The SMILES string of the molecule is O=C(/C=C/c1ccccc1)N1CCc2c([nH]c3ccc(Cl)cc23)C1c1ccc(OCCCN2CCOCC2)cc1. The number of fused-ring (bicyclic) bond motifs is 3. The third-order valence-corrected chi connectivity index (χ3v) is 8.01. The summed E-state index contributed by atoms with van der Waals surface area (Å²) >= 11 is 6.35. The second kappa shape index (κ2) is 12.3. The number of nitrogens with one attached hydrogen (secondary N) is 1. The third kappa shape index (κ3) is 5.94. The van der Waals surface area contributed by atoms with Crippen LogP contribution in [0.25, 0.3) is 17.0 Å². The number of aromatic nitrogens is 1. The fourth-order valence-electron chi connectivity index (χ4n) is 5.72. The van der Waals surface area contributed by atoms with Crippen LogP contribution in [0.2, 0.25) is 5.02 Å². The van der Waals surface area contributed by atoms with Gasteiger partial charge in [-0.15, -0.1) is 0 Å². The normalized spacial score (nSPS) is 17.8. The van der Waals surface area contributed by atoms with Gasteiger partial charge >= 0.3 is 0 Å². The Kier molecular flexibility index (Phi) is 8.19. The van der Waals surface area contributed by atoms with E-state index >= 15 is 0 Å². The maximum Gasteiger partial charge on any atom is 0.247 e. The van der Waals surface area contributed by atoms with Crippen molar-refractivity contribution in [1.82, 2.24) is 14.8 Å². The number of carbonyl (C=O) groups is 1. The molecule has 40 heavy (non-hydrogen) atoms. The molecule has 1 saturated heterocycles. The first-order chi connectivity index (χ1) is 19.7. The summed E-state index contributed by atoms with van der Waals surface area (Å²) in [5.74, 6) is 0.826. The maximum absolute atomic E-state index is 13.6. The minimum Gasteiger partial charge on any atom is -0.494 e. The van der Waals surface area contributed by atoms with E-state index < -0.39 is 0 Å². The first-order valence-electron chi connectivity index (χ1n) is 14.0. The van der Waals surface area contributed by atoms with Crippen LogP contribution in [0.15, 0.2) is 78.9 Å². The van der Waals surface area contributed by atoms with Gasteiger partial charge < -0.3 is 19.4 Å². The van der Waals surface area contributed by atoms with Gasteiger partial charge in [0.05, 0.1) is 25.9 Å². The number of hydrogen-bond acceptors (Lipinski definition) is 4. The highest BCUT2D eigenvalue weighted by atomic mass is 35.5. The molecule has 1 N–H and O–H groups in total. The van der Waals surface area contributed by atoms with Crippen molar-refractivity contribution < 1.29 is 14.3 Å². The van der Waals surface area contributed by atoms with Crippen molar-refractivity contribution in [2.75, 3.05) is 46.0 Å². The van der Waals surface area contributed by atoms with Crippen LogP contribution in [0.4, 0.5) is 0 Å². The average molecular weight is 556 g/mol. The molecule has 0 aliphatic carbocycles. The molecule has 206 valence electrons. The standard InChI is InChI=1S/C33H34ClN3O3/c34-26-10-13-30-29(23-26)28-15-17-37(31(38)14-7-24-5-2-1-3-6-24)33(32(28)35-30)25-8-11-27(12-9-25)40-20-4-16-36-18-21-39-22-19-36/h1-3,5-14,23,33,35H,4,15-22H2/b14-7+. The van der Waals surface area contributed by atoms with Gasteiger partial charge in [-0.2, -0.15) is 0 Å². The summed E-state index contributed by atoms with van der Waals surface area (Å²) < 4.78 is 11.5. The Balaban J connectivity index is 1.23. The summed E-state index contributed by atoms with van der Waals surface area (Å²) in [6.07, 6.45) is 5.30. The second-order valence-electron chi connectivity index (χ2n) is 10.4. The Morgan fingerprint density at radius 1 is 1.02 bits per heavy atom. The summed E-state index contributed by atoms with van der Waals surface area (Å²) in [5.41, 5.74) is 5.35. The van der Waals surface area contributed by atoms with E-state index in [1.165, 1.54) is 5.56 Å². The van der Waals surface area contributed by atoms with E-state index in [4.69, 9.17) is 21.1 Å². The largest absolute Gasteiger partial charge is 0.494 e. The molecule has 3 aromatic carbocycles. The lowest BCUT2D eigenvalue weighted by Crippen LogP contribution is -2.39. The maximum atomic E-state index is 13.6. The van der Waals surface area contributed by atoms with E-state index in [2.05, 4.69) is 22.0 Å². The molecule has 2 aliphatic rings. The number of morpholine rings is 1. The highest BCUT2D eigenvalue weighted by Gasteiger charge is 2.33. The number of aromatic amines is 1. The molecule has 1 fully saturated rings. The number of halogens is 1. The van der Waals surface area contributed by atoms with Crippen molar-refractivity contribution in [2.24, 2.45) is 0 Å². The average Bonchev–Trinajstić information content (AvgIpc) is 3.37. The van der Waals surface area contributed by atoms with Gasteiger partial charge in [0.15, 0.2) is 0 Å². The summed E-state index contributed by atoms with van der Waals surface area (Å²) in [6.45, 7) is 5.93. The molecule has 0 radical (unpaired) electrons. The zero-order chi connectivity index (χ0) is 27.3. The Labute approximate surface area is 240 Å². The molecule has 0 spiro atoms. The highest BCUT2D eigenvalue weighted by molar-refractivity contribution is 6.31. The molecule has 2 aliphatic heterocycles. The summed E-state index contributed by atoms with van der Waals surface area (Å²) in [6, 6.07) is 23.8. The lowest BCUT2D eigenvalue weighted by Gasteiger charge is -2.35. The van der Waals surface area contributed by atoms with Crippen LogP contribution in [0.5, 0.6) is 5.75 Å². The van der Waals surface area contributed by atoms with Crippen molar-refractivity contribution in [2.45, 2.75) is 18.9 Å². The van der Waals surface area contributed by atoms with Crippen LogP contribution >= 0.6 is 11.6 Å².